The number of methoxy groups -OCH3 is 2. The van der Waals surface area contributed by atoms with Gasteiger partial charge >= 0.3 is 0 Å². The first-order valence-corrected chi connectivity index (χ1v) is 7.14. The van der Waals surface area contributed by atoms with Gasteiger partial charge < -0.3 is 24.1 Å². The van der Waals surface area contributed by atoms with E-state index in [9.17, 15) is 4.79 Å². The first-order chi connectivity index (χ1) is 11.2. The molecule has 0 saturated carbocycles. The quantitative estimate of drug-likeness (QED) is 0.709. The van der Waals surface area contributed by atoms with Gasteiger partial charge in [0.1, 0.15) is 6.61 Å². The third-order valence-electron chi connectivity index (χ3n) is 3.10. The van der Waals surface area contributed by atoms with Crippen molar-refractivity contribution in [2.24, 2.45) is 0 Å². The van der Waals surface area contributed by atoms with Gasteiger partial charge in [0.25, 0.3) is 5.91 Å². The van der Waals surface area contributed by atoms with Gasteiger partial charge in [-0.05, 0) is 5.56 Å². The van der Waals surface area contributed by atoms with Crippen LogP contribution in [0.1, 0.15) is 21.8 Å². The van der Waals surface area contributed by atoms with Gasteiger partial charge in [-0.25, -0.2) is 0 Å². The molecule has 0 fully saturated rings. The number of hydrogen-bond donors (Lipinski definition) is 1. The Morgan fingerprint density at radius 2 is 1.96 bits per heavy atom. The highest BCUT2D eigenvalue weighted by Crippen LogP contribution is 2.08. The van der Waals surface area contributed by atoms with Crippen LogP contribution in [0.15, 0.2) is 40.9 Å². The molecule has 0 unspecified atom stereocenters. The van der Waals surface area contributed by atoms with E-state index in [0.717, 1.165) is 5.56 Å². The SMILES string of the molecule is COC(CNC(=O)c1cc(COCc2ccccc2)on1)OC. The van der Waals surface area contributed by atoms with Crippen LogP contribution in [-0.4, -0.2) is 38.1 Å². The molecule has 1 amide bonds. The van der Waals surface area contributed by atoms with Crippen LogP contribution in [0.4, 0.5) is 0 Å². The lowest BCUT2D eigenvalue weighted by molar-refractivity contribution is -0.0974. The molecule has 7 nitrogen and oxygen atoms in total. The molecule has 0 saturated heterocycles. The van der Waals surface area contributed by atoms with E-state index in [4.69, 9.17) is 18.7 Å². The van der Waals surface area contributed by atoms with E-state index in [2.05, 4.69) is 10.5 Å². The number of carbonyl (C=O) groups excluding carboxylic acids is 1. The van der Waals surface area contributed by atoms with Gasteiger partial charge in [-0.15, -0.1) is 0 Å². The predicted octanol–water partition coefficient (Wildman–Crippen LogP) is 1.74. The molecular formula is C16H20N2O5. The van der Waals surface area contributed by atoms with E-state index in [1.807, 2.05) is 30.3 Å². The van der Waals surface area contributed by atoms with Crippen molar-refractivity contribution in [2.75, 3.05) is 20.8 Å². The van der Waals surface area contributed by atoms with E-state index in [1.165, 1.54) is 14.2 Å². The second-order valence-electron chi connectivity index (χ2n) is 4.77. The van der Waals surface area contributed by atoms with Crippen LogP contribution in [0.2, 0.25) is 0 Å². The van der Waals surface area contributed by atoms with Crippen molar-refractivity contribution < 1.29 is 23.5 Å². The predicted molar refractivity (Wildman–Crippen MR) is 81.6 cm³/mol. The molecule has 0 aliphatic rings. The molecule has 1 aromatic carbocycles. The number of nitrogens with zero attached hydrogens (tertiary/aromatic N) is 1. The summed E-state index contributed by atoms with van der Waals surface area (Å²) in [6, 6.07) is 11.3. The fraction of sp³-hybridized carbons (Fsp3) is 0.375. The summed E-state index contributed by atoms with van der Waals surface area (Å²) < 4.78 is 20.6. The lowest BCUT2D eigenvalue weighted by Crippen LogP contribution is -2.34. The van der Waals surface area contributed by atoms with Gasteiger partial charge in [0.05, 0.1) is 13.2 Å². The number of ether oxygens (including phenoxy) is 3. The Morgan fingerprint density at radius 3 is 2.65 bits per heavy atom. The van der Waals surface area contributed by atoms with Gasteiger partial charge in [0.15, 0.2) is 17.7 Å². The molecule has 2 aromatic rings. The van der Waals surface area contributed by atoms with Crippen molar-refractivity contribution in [3.05, 3.63) is 53.4 Å². The molecule has 0 spiro atoms. The van der Waals surface area contributed by atoms with E-state index in [0.29, 0.717) is 12.4 Å². The Balaban J connectivity index is 1.77. The minimum absolute atomic E-state index is 0.189. The molecule has 23 heavy (non-hydrogen) atoms. The highest BCUT2D eigenvalue weighted by atomic mass is 16.7. The number of hydrogen-bond acceptors (Lipinski definition) is 6. The van der Waals surface area contributed by atoms with Crippen LogP contribution in [0.5, 0.6) is 0 Å². The number of nitrogens with one attached hydrogen (secondary N) is 1. The van der Waals surface area contributed by atoms with Crippen molar-refractivity contribution >= 4 is 5.91 Å². The van der Waals surface area contributed by atoms with Crippen LogP contribution in [0, 0.1) is 0 Å². The number of aromatic nitrogens is 1. The molecule has 0 aliphatic heterocycles. The maximum atomic E-state index is 11.9. The van der Waals surface area contributed by atoms with Gasteiger partial charge in [0, 0.05) is 20.3 Å². The monoisotopic (exact) mass is 320 g/mol. The summed E-state index contributed by atoms with van der Waals surface area (Å²) >= 11 is 0. The van der Waals surface area contributed by atoms with Crippen LogP contribution < -0.4 is 5.32 Å². The van der Waals surface area contributed by atoms with Gasteiger partial charge in [0.2, 0.25) is 0 Å². The fourth-order valence-corrected chi connectivity index (χ4v) is 1.86. The van der Waals surface area contributed by atoms with Crippen molar-refractivity contribution in [3.8, 4) is 0 Å². The fourth-order valence-electron chi connectivity index (χ4n) is 1.86. The highest BCUT2D eigenvalue weighted by Gasteiger charge is 2.14. The van der Waals surface area contributed by atoms with E-state index >= 15 is 0 Å². The summed E-state index contributed by atoms with van der Waals surface area (Å²) in [5.41, 5.74) is 1.25. The van der Waals surface area contributed by atoms with Crippen LogP contribution in [-0.2, 0) is 27.4 Å². The van der Waals surface area contributed by atoms with Crippen LogP contribution in [0.3, 0.4) is 0 Å². The van der Waals surface area contributed by atoms with Crippen LogP contribution >= 0.6 is 0 Å². The zero-order valence-corrected chi connectivity index (χ0v) is 13.2. The normalized spacial score (nSPS) is 10.9. The number of amides is 1. The summed E-state index contributed by atoms with van der Waals surface area (Å²) in [6.45, 7) is 0.929. The standard InChI is InChI=1S/C16H20N2O5/c1-20-15(21-2)9-17-16(19)14-8-13(23-18-14)11-22-10-12-6-4-3-5-7-12/h3-8,15H,9-11H2,1-2H3,(H,17,19). The van der Waals surface area contributed by atoms with E-state index in [-0.39, 0.29) is 24.8 Å². The number of benzene rings is 1. The topological polar surface area (TPSA) is 82.8 Å². The van der Waals surface area contributed by atoms with E-state index < -0.39 is 6.29 Å². The smallest absolute Gasteiger partial charge is 0.273 e. The Bertz CT molecular complexity index is 596. The largest absolute Gasteiger partial charge is 0.369 e. The molecule has 0 bridgehead atoms. The molecule has 0 radical (unpaired) electrons. The summed E-state index contributed by atoms with van der Waals surface area (Å²) in [5, 5.41) is 6.37. The first kappa shape index (κ1) is 17.1. The minimum atomic E-state index is -0.500. The van der Waals surface area contributed by atoms with Crippen LogP contribution in [0.25, 0.3) is 0 Å². The lowest BCUT2D eigenvalue weighted by atomic mass is 10.2. The van der Waals surface area contributed by atoms with Gasteiger partial charge in [-0.2, -0.15) is 0 Å². The molecule has 0 aliphatic carbocycles. The molecule has 7 heteroatoms. The van der Waals surface area contributed by atoms with Crippen molar-refractivity contribution in [2.45, 2.75) is 19.5 Å². The average Bonchev–Trinajstić information content (AvgIpc) is 3.05. The molecule has 124 valence electrons. The first-order valence-electron chi connectivity index (χ1n) is 7.14. The lowest BCUT2D eigenvalue weighted by Gasteiger charge is -2.12. The zero-order valence-electron chi connectivity index (χ0n) is 13.2. The maximum Gasteiger partial charge on any atom is 0.273 e. The maximum absolute atomic E-state index is 11.9. The Labute approximate surface area is 134 Å². The average molecular weight is 320 g/mol. The Hall–Kier alpha value is -2.22. The zero-order chi connectivity index (χ0) is 16.5. The third-order valence-corrected chi connectivity index (χ3v) is 3.10. The Morgan fingerprint density at radius 1 is 1.22 bits per heavy atom. The molecule has 1 heterocycles. The molecular weight excluding hydrogens is 300 g/mol. The summed E-state index contributed by atoms with van der Waals surface area (Å²) in [4.78, 5) is 11.9. The third kappa shape index (κ3) is 5.48. The molecule has 0 atom stereocenters. The van der Waals surface area contributed by atoms with E-state index in [1.54, 1.807) is 6.07 Å². The second-order valence-corrected chi connectivity index (χ2v) is 4.77. The van der Waals surface area contributed by atoms with Crippen molar-refractivity contribution in [1.82, 2.24) is 10.5 Å². The summed E-state index contributed by atoms with van der Waals surface area (Å²) in [6.07, 6.45) is -0.500. The molecule has 1 aromatic heterocycles. The minimum Gasteiger partial charge on any atom is -0.369 e. The summed E-state index contributed by atoms with van der Waals surface area (Å²) in [7, 11) is 3.00. The Kier molecular flexibility index (Phi) is 6.74. The second kappa shape index (κ2) is 9.04. The molecule has 2 rings (SSSR count). The highest BCUT2D eigenvalue weighted by molar-refractivity contribution is 5.92. The van der Waals surface area contributed by atoms with Crippen molar-refractivity contribution in [3.63, 3.8) is 0 Å². The van der Waals surface area contributed by atoms with Gasteiger partial charge in [-0.3, -0.25) is 4.79 Å². The number of rotatable bonds is 9. The van der Waals surface area contributed by atoms with Crippen molar-refractivity contribution in [1.29, 1.82) is 0 Å². The summed E-state index contributed by atoms with van der Waals surface area (Å²) in [5.74, 6) is 0.128. The number of carbonyl (C=O) groups is 1. The molecule has 1 N–H and O–H groups in total. The van der Waals surface area contributed by atoms with Gasteiger partial charge in [-0.1, -0.05) is 35.5 Å².